The Morgan fingerprint density at radius 3 is 2.00 bits per heavy atom. The molecule has 0 aliphatic carbocycles. The zero-order valence-electron chi connectivity index (χ0n) is 7.64. The molecular formula is C7H17NO2S. The number of hydrogen-bond acceptors (Lipinski definition) is 2. The Bertz CT molecular complexity index is 201. The van der Waals surface area contributed by atoms with Crippen molar-refractivity contribution in [2.75, 3.05) is 5.75 Å². The van der Waals surface area contributed by atoms with E-state index in [1.807, 2.05) is 27.7 Å². The summed E-state index contributed by atoms with van der Waals surface area (Å²) in [6.45, 7) is 7.35. The van der Waals surface area contributed by atoms with Crippen LogP contribution in [0.3, 0.4) is 0 Å². The van der Waals surface area contributed by atoms with E-state index in [-0.39, 0.29) is 11.3 Å². The van der Waals surface area contributed by atoms with Crippen LogP contribution in [-0.4, -0.2) is 19.7 Å². The van der Waals surface area contributed by atoms with Crippen molar-refractivity contribution < 1.29 is 8.42 Å². The third kappa shape index (κ3) is 6.31. The molecule has 3 nitrogen and oxygen atoms in total. The summed E-state index contributed by atoms with van der Waals surface area (Å²) in [5.41, 5.74) is -0.353. The van der Waals surface area contributed by atoms with Gasteiger partial charge in [-0.15, -0.1) is 0 Å². The van der Waals surface area contributed by atoms with Gasteiger partial charge in [0.2, 0.25) is 10.0 Å². The Morgan fingerprint density at radius 1 is 1.27 bits per heavy atom. The van der Waals surface area contributed by atoms with Crippen molar-refractivity contribution in [2.24, 2.45) is 0 Å². The minimum Gasteiger partial charge on any atom is -0.212 e. The van der Waals surface area contributed by atoms with Gasteiger partial charge in [-0.3, -0.25) is 0 Å². The average Bonchev–Trinajstić information content (AvgIpc) is 1.55. The van der Waals surface area contributed by atoms with Gasteiger partial charge >= 0.3 is 0 Å². The standard InChI is InChI=1S/C7H17NO2S/c1-5-6-11(9,10)8-7(2,3)4/h8H,5-6H2,1-4H3. The normalized spacial score (nSPS) is 13.5. The first kappa shape index (κ1) is 10.9. The molecule has 0 aliphatic heterocycles. The summed E-state index contributed by atoms with van der Waals surface area (Å²) < 4.78 is 24.8. The molecule has 0 saturated carbocycles. The van der Waals surface area contributed by atoms with Crippen LogP contribution < -0.4 is 4.72 Å². The molecule has 0 aliphatic rings. The van der Waals surface area contributed by atoms with Crippen molar-refractivity contribution >= 4 is 10.0 Å². The number of rotatable bonds is 3. The van der Waals surface area contributed by atoms with Crippen LogP contribution in [0.4, 0.5) is 0 Å². The summed E-state index contributed by atoms with van der Waals surface area (Å²) in [5, 5.41) is 0. The zero-order chi connectivity index (χ0) is 9.12. The van der Waals surface area contributed by atoms with Crippen molar-refractivity contribution in [3.63, 3.8) is 0 Å². The summed E-state index contributed by atoms with van der Waals surface area (Å²) in [7, 11) is -3.04. The van der Waals surface area contributed by atoms with Gasteiger partial charge < -0.3 is 0 Å². The maximum absolute atomic E-state index is 11.1. The third-order valence-corrected chi connectivity index (χ3v) is 2.80. The molecule has 0 rings (SSSR count). The van der Waals surface area contributed by atoms with E-state index in [1.165, 1.54) is 0 Å². The Labute approximate surface area is 69.2 Å². The van der Waals surface area contributed by atoms with E-state index < -0.39 is 10.0 Å². The van der Waals surface area contributed by atoms with Gasteiger partial charge in [0, 0.05) is 5.54 Å². The lowest BCUT2D eigenvalue weighted by Gasteiger charge is -2.19. The van der Waals surface area contributed by atoms with Gasteiger partial charge in [-0.25, -0.2) is 13.1 Å². The first-order valence-corrected chi connectivity index (χ1v) is 5.44. The van der Waals surface area contributed by atoms with Crippen LogP contribution in [0, 0.1) is 0 Å². The molecule has 0 aromatic heterocycles. The predicted molar refractivity (Wildman–Crippen MR) is 47.0 cm³/mol. The maximum Gasteiger partial charge on any atom is 0.212 e. The molecule has 0 aromatic carbocycles. The first-order chi connectivity index (χ1) is 4.77. The van der Waals surface area contributed by atoms with Crippen LogP contribution in [0.1, 0.15) is 34.1 Å². The molecule has 0 atom stereocenters. The van der Waals surface area contributed by atoms with Crippen LogP contribution in [0.25, 0.3) is 0 Å². The van der Waals surface area contributed by atoms with Crippen molar-refractivity contribution in [3.05, 3.63) is 0 Å². The highest BCUT2D eigenvalue weighted by atomic mass is 32.2. The fraction of sp³-hybridized carbons (Fsp3) is 1.00. The summed E-state index contributed by atoms with van der Waals surface area (Å²) in [5.74, 6) is 0.213. The highest BCUT2D eigenvalue weighted by Crippen LogP contribution is 2.02. The average molecular weight is 179 g/mol. The van der Waals surface area contributed by atoms with Gasteiger partial charge in [-0.2, -0.15) is 0 Å². The minimum atomic E-state index is -3.04. The van der Waals surface area contributed by atoms with E-state index in [2.05, 4.69) is 4.72 Å². The molecule has 0 saturated heterocycles. The molecule has 0 unspecified atom stereocenters. The van der Waals surface area contributed by atoms with Crippen LogP contribution >= 0.6 is 0 Å². The molecule has 68 valence electrons. The lowest BCUT2D eigenvalue weighted by Crippen LogP contribution is -2.41. The van der Waals surface area contributed by atoms with Crippen molar-refractivity contribution in [1.82, 2.24) is 4.72 Å². The Kier molecular flexibility index (Phi) is 3.51. The summed E-state index contributed by atoms with van der Waals surface area (Å²) in [6.07, 6.45) is 0.658. The highest BCUT2D eigenvalue weighted by molar-refractivity contribution is 7.89. The van der Waals surface area contributed by atoms with Crippen molar-refractivity contribution in [3.8, 4) is 0 Å². The topological polar surface area (TPSA) is 46.2 Å². The van der Waals surface area contributed by atoms with E-state index in [0.29, 0.717) is 6.42 Å². The zero-order valence-corrected chi connectivity index (χ0v) is 8.46. The molecule has 4 heteroatoms. The van der Waals surface area contributed by atoms with Crippen LogP contribution in [0.5, 0.6) is 0 Å². The SMILES string of the molecule is CCCS(=O)(=O)NC(C)(C)C. The van der Waals surface area contributed by atoms with E-state index >= 15 is 0 Å². The van der Waals surface area contributed by atoms with E-state index in [0.717, 1.165) is 0 Å². The van der Waals surface area contributed by atoms with Crippen LogP contribution in [-0.2, 0) is 10.0 Å². The van der Waals surface area contributed by atoms with Crippen LogP contribution in [0.2, 0.25) is 0 Å². The molecule has 0 spiro atoms. The second kappa shape index (κ2) is 3.54. The molecule has 0 radical (unpaired) electrons. The smallest absolute Gasteiger partial charge is 0.212 e. The van der Waals surface area contributed by atoms with E-state index in [9.17, 15) is 8.42 Å². The molecule has 0 bridgehead atoms. The number of hydrogen-bond donors (Lipinski definition) is 1. The molecule has 0 aromatic rings. The monoisotopic (exact) mass is 179 g/mol. The summed E-state index contributed by atoms with van der Waals surface area (Å²) in [4.78, 5) is 0. The molecule has 0 fully saturated rings. The quantitative estimate of drug-likeness (QED) is 0.705. The Balaban J connectivity index is 4.15. The summed E-state index contributed by atoms with van der Waals surface area (Å²) in [6, 6.07) is 0. The molecule has 1 N–H and O–H groups in total. The fourth-order valence-corrected chi connectivity index (χ4v) is 2.36. The molecule has 0 amide bonds. The molecular weight excluding hydrogens is 162 g/mol. The van der Waals surface area contributed by atoms with Gasteiger partial charge in [0.15, 0.2) is 0 Å². The fourth-order valence-electron chi connectivity index (χ4n) is 0.786. The number of nitrogens with one attached hydrogen (secondary N) is 1. The molecule has 0 heterocycles. The summed E-state index contributed by atoms with van der Waals surface area (Å²) >= 11 is 0. The first-order valence-electron chi connectivity index (χ1n) is 3.78. The minimum absolute atomic E-state index is 0.213. The third-order valence-electron chi connectivity index (χ3n) is 0.935. The Hall–Kier alpha value is -0.0900. The van der Waals surface area contributed by atoms with Gasteiger partial charge in [0.1, 0.15) is 0 Å². The largest absolute Gasteiger partial charge is 0.212 e. The van der Waals surface area contributed by atoms with Gasteiger partial charge in [-0.1, -0.05) is 6.92 Å². The van der Waals surface area contributed by atoms with Crippen molar-refractivity contribution in [1.29, 1.82) is 0 Å². The van der Waals surface area contributed by atoms with Gasteiger partial charge in [0.05, 0.1) is 5.75 Å². The predicted octanol–water partition coefficient (Wildman–Crippen LogP) is 1.11. The maximum atomic E-state index is 11.1. The number of sulfonamides is 1. The lowest BCUT2D eigenvalue weighted by atomic mass is 10.1. The van der Waals surface area contributed by atoms with E-state index in [4.69, 9.17) is 0 Å². The second-order valence-corrected chi connectivity index (χ2v) is 5.51. The second-order valence-electron chi connectivity index (χ2n) is 3.67. The van der Waals surface area contributed by atoms with Crippen molar-refractivity contribution in [2.45, 2.75) is 39.7 Å². The lowest BCUT2D eigenvalue weighted by molar-refractivity contribution is 0.491. The van der Waals surface area contributed by atoms with Gasteiger partial charge in [-0.05, 0) is 27.2 Å². The highest BCUT2D eigenvalue weighted by Gasteiger charge is 2.18. The Morgan fingerprint density at radius 2 is 1.73 bits per heavy atom. The van der Waals surface area contributed by atoms with Gasteiger partial charge in [0.25, 0.3) is 0 Å². The van der Waals surface area contributed by atoms with E-state index in [1.54, 1.807) is 0 Å². The molecule has 11 heavy (non-hydrogen) atoms. The van der Waals surface area contributed by atoms with Crippen LogP contribution in [0.15, 0.2) is 0 Å².